The maximum absolute atomic E-state index is 10.8. The van der Waals surface area contributed by atoms with Crippen molar-refractivity contribution in [2.75, 3.05) is 32.8 Å². The van der Waals surface area contributed by atoms with Crippen LogP contribution in [0.25, 0.3) is 0 Å². The van der Waals surface area contributed by atoms with Gasteiger partial charge in [0.2, 0.25) is 0 Å². The van der Waals surface area contributed by atoms with Crippen molar-refractivity contribution in [3.05, 3.63) is 24.3 Å². The van der Waals surface area contributed by atoms with E-state index in [0.29, 0.717) is 31.3 Å². The van der Waals surface area contributed by atoms with Crippen molar-refractivity contribution in [2.45, 2.75) is 18.9 Å². The fourth-order valence-electron chi connectivity index (χ4n) is 2.58. The Kier molecular flexibility index (Phi) is 6.49. The minimum absolute atomic E-state index is 0.175. The number of carbonyl (C=O) groups is 1. The van der Waals surface area contributed by atoms with Crippen LogP contribution in [0.5, 0.6) is 11.5 Å². The van der Waals surface area contributed by atoms with Crippen LogP contribution in [0.2, 0.25) is 0 Å². The Balaban J connectivity index is 1.57. The highest BCUT2D eigenvalue weighted by atomic mass is 16.5. The molecule has 1 aromatic carbocycles. The fourth-order valence-corrected chi connectivity index (χ4v) is 2.58. The number of nitrogens with one attached hydrogen (secondary N) is 1. The maximum Gasteiger partial charge on any atom is 0.407 e. The smallest absolute Gasteiger partial charge is 0.407 e. The summed E-state index contributed by atoms with van der Waals surface area (Å²) in [5.41, 5.74) is 0. The van der Waals surface area contributed by atoms with E-state index < -0.39 is 12.2 Å². The third kappa shape index (κ3) is 5.96. The molecule has 1 aliphatic rings. The van der Waals surface area contributed by atoms with Crippen LogP contribution in [0.15, 0.2) is 24.3 Å². The molecule has 0 saturated carbocycles. The first kappa shape index (κ1) is 17.4. The first-order valence-corrected chi connectivity index (χ1v) is 7.83. The molecule has 1 fully saturated rings. The number of nitrogens with zero attached hydrogens (tertiary/aromatic N) is 1. The van der Waals surface area contributed by atoms with Crippen molar-refractivity contribution in [3.8, 4) is 11.5 Å². The molecule has 1 aliphatic heterocycles. The van der Waals surface area contributed by atoms with Crippen LogP contribution in [-0.2, 0) is 0 Å². The number of likely N-dealkylation sites (tertiary alicyclic amines) is 1. The number of aliphatic hydroxyl groups excluding tert-OH is 1. The molecular formula is C16H24N2O5. The Bertz CT molecular complexity index is 486. The number of benzene rings is 1. The number of rotatable bonds is 7. The van der Waals surface area contributed by atoms with Gasteiger partial charge in [-0.05, 0) is 49.6 Å². The Labute approximate surface area is 135 Å². The minimum Gasteiger partial charge on any atom is -0.508 e. The lowest BCUT2D eigenvalue weighted by molar-refractivity contribution is 0.102. The van der Waals surface area contributed by atoms with E-state index in [1.165, 1.54) is 17.0 Å². The second-order valence-electron chi connectivity index (χ2n) is 5.83. The molecule has 7 nitrogen and oxygen atoms in total. The minimum atomic E-state index is -0.849. The van der Waals surface area contributed by atoms with E-state index in [2.05, 4.69) is 5.32 Å². The van der Waals surface area contributed by atoms with Crippen LogP contribution >= 0.6 is 0 Å². The van der Waals surface area contributed by atoms with Crippen molar-refractivity contribution in [2.24, 2.45) is 5.92 Å². The Hall–Kier alpha value is -1.99. The number of aliphatic hydroxyl groups is 1. The number of hydrogen-bond acceptors (Lipinski definition) is 5. The van der Waals surface area contributed by atoms with E-state index >= 15 is 0 Å². The highest BCUT2D eigenvalue weighted by molar-refractivity contribution is 5.64. The lowest BCUT2D eigenvalue weighted by atomic mass is 9.97. The molecular weight excluding hydrogens is 300 g/mol. The summed E-state index contributed by atoms with van der Waals surface area (Å²) in [7, 11) is 0. The molecule has 0 aromatic heterocycles. The summed E-state index contributed by atoms with van der Waals surface area (Å²) >= 11 is 0. The molecule has 0 unspecified atom stereocenters. The molecule has 128 valence electrons. The number of hydrogen-bond donors (Lipinski definition) is 4. The van der Waals surface area contributed by atoms with Gasteiger partial charge < -0.3 is 30.3 Å². The third-order valence-corrected chi connectivity index (χ3v) is 3.98. The predicted octanol–water partition coefficient (Wildman–Crippen LogP) is 1.11. The summed E-state index contributed by atoms with van der Waals surface area (Å²) in [6.45, 7) is 2.53. The van der Waals surface area contributed by atoms with E-state index in [9.17, 15) is 15.0 Å². The van der Waals surface area contributed by atoms with E-state index in [-0.39, 0.29) is 12.4 Å². The van der Waals surface area contributed by atoms with Gasteiger partial charge in [-0.15, -0.1) is 0 Å². The summed E-state index contributed by atoms with van der Waals surface area (Å²) in [5, 5.41) is 31.2. The van der Waals surface area contributed by atoms with Crippen molar-refractivity contribution >= 4 is 6.09 Å². The van der Waals surface area contributed by atoms with Gasteiger partial charge in [-0.2, -0.15) is 0 Å². The first-order valence-electron chi connectivity index (χ1n) is 7.83. The Morgan fingerprint density at radius 3 is 2.57 bits per heavy atom. The van der Waals surface area contributed by atoms with Gasteiger partial charge in [-0.3, -0.25) is 0 Å². The topological polar surface area (TPSA) is 102 Å². The summed E-state index contributed by atoms with van der Waals surface area (Å²) in [4.78, 5) is 12.3. The number of ether oxygens (including phenoxy) is 1. The van der Waals surface area contributed by atoms with Crippen molar-refractivity contribution < 1.29 is 24.9 Å². The van der Waals surface area contributed by atoms with Crippen molar-refractivity contribution in [1.82, 2.24) is 10.2 Å². The summed E-state index contributed by atoms with van der Waals surface area (Å²) in [6.07, 6.45) is 0.222. The molecule has 1 saturated heterocycles. The van der Waals surface area contributed by atoms with Gasteiger partial charge >= 0.3 is 6.09 Å². The molecule has 1 aromatic rings. The number of phenols is 1. The molecule has 7 heteroatoms. The number of piperidine rings is 1. The monoisotopic (exact) mass is 324 g/mol. The SMILES string of the molecule is O=C(O)N1CCC(CNC[C@H](O)COc2ccc(O)cc2)CC1. The fraction of sp³-hybridized carbons (Fsp3) is 0.562. The molecule has 0 bridgehead atoms. The highest BCUT2D eigenvalue weighted by Gasteiger charge is 2.21. The molecule has 0 radical (unpaired) electrons. The molecule has 2 rings (SSSR count). The van der Waals surface area contributed by atoms with Gasteiger partial charge in [0.25, 0.3) is 0 Å². The van der Waals surface area contributed by atoms with Gasteiger partial charge in [-0.25, -0.2) is 4.79 Å². The lowest BCUT2D eigenvalue weighted by Crippen LogP contribution is -2.41. The second kappa shape index (κ2) is 8.59. The maximum atomic E-state index is 10.8. The largest absolute Gasteiger partial charge is 0.508 e. The molecule has 0 aliphatic carbocycles. The first-order chi connectivity index (χ1) is 11.0. The van der Waals surface area contributed by atoms with Gasteiger partial charge in [0.05, 0.1) is 0 Å². The van der Waals surface area contributed by atoms with Gasteiger partial charge in [0, 0.05) is 19.6 Å². The average Bonchev–Trinajstić information content (AvgIpc) is 2.55. The van der Waals surface area contributed by atoms with Crippen LogP contribution in [0.4, 0.5) is 4.79 Å². The van der Waals surface area contributed by atoms with Gasteiger partial charge in [0.1, 0.15) is 24.2 Å². The Morgan fingerprint density at radius 1 is 1.30 bits per heavy atom. The summed E-state index contributed by atoms with van der Waals surface area (Å²) in [6, 6.07) is 6.35. The molecule has 4 N–H and O–H groups in total. The molecule has 1 atom stereocenters. The zero-order valence-corrected chi connectivity index (χ0v) is 13.0. The zero-order valence-electron chi connectivity index (χ0n) is 13.0. The summed E-state index contributed by atoms with van der Waals surface area (Å²) in [5.74, 6) is 1.22. The van der Waals surface area contributed by atoms with Crippen LogP contribution in [0.3, 0.4) is 0 Å². The van der Waals surface area contributed by atoms with E-state index in [0.717, 1.165) is 19.4 Å². The average molecular weight is 324 g/mol. The number of phenolic OH excluding ortho intramolecular Hbond substituents is 1. The quantitative estimate of drug-likeness (QED) is 0.599. The molecule has 1 heterocycles. The van der Waals surface area contributed by atoms with E-state index in [1.807, 2.05) is 0 Å². The standard InChI is InChI=1S/C16H24N2O5/c19-13-1-3-15(4-2-13)23-11-14(20)10-17-9-12-5-7-18(8-6-12)16(21)22/h1-4,12,14,17,19-20H,5-11H2,(H,21,22)/t14-/m0/s1. The van der Waals surface area contributed by atoms with Crippen LogP contribution in [0, 0.1) is 5.92 Å². The normalized spacial score (nSPS) is 17.0. The van der Waals surface area contributed by atoms with Crippen LogP contribution < -0.4 is 10.1 Å². The zero-order chi connectivity index (χ0) is 16.7. The predicted molar refractivity (Wildman–Crippen MR) is 84.8 cm³/mol. The van der Waals surface area contributed by atoms with E-state index in [1.54, 1.807) is 12.1 Å². The second-order valence-corrected chi connectivity index (χ2v) is 5.83. The molecule has 23 heavy (non-hydrogen) atoms. The van der Waals surface area contributed by atoms with Crippen molar-refractivity contribution in [3.63, 3.8) is 0 Å². The van der Waals surface area contributed by atoms with E-state index in [4.69, 9.17) is 9.84 Å². The van der Waals surface area contributed by atoms with Gasteiger partial charge in [-0.1, -0.05) is 0 Å². The van der Waals surface area contributed by atoms with Crippen LogP contribution in [-0.4, -0.2) is 65.2 Å². The highest BCUT2D eigenvalue weighted by Crippen LogP contribution is 2.17. The summed E-state index contributed by atoms with van der Waals surface area (Å²) < 4.78 is 5.43. The number of amides is 1. The van der Waals surface area contributed by atoms with Crippen LogP contribution in [0.1, 0.15) is 12.8 Å². The van der Waals surface area contributed by atoms with Crippen molar-refractivity contribution in [1.29, 1.82) is 0 Å². The molecule has 1 amide bonds. The molecule has 0 spiro atoms. The van der Waals surface area contributed by atoms with Gasteiger partial charge in [0.15, 0.2) is 0 Å². The number of carboxylic acid groups (broad SMARTS) is 1. The lowest BCUT2D eigenvalue weighted by Gasteiger charge is -2.30. The third-order valence-electron chi connectivity index (χ3n) is 3.98. The Morgan fingerprint density at radius 2 is 1.96 bits per heavy atom. The number of aromatic hydroxyl groups is 1.